The molecule has 0 radical (unpaired) electrons. The molecule has 2 rings (SSSR count). The van der Waals surface area contributed by atoms with Gasteiger partial charge in [-0.15, -0.1) is 0 Å². The van der Waals surface area contributed by atoms with Gasteiger partial charge in [0.05, 0.1) is 16.1 Å². The quantitative estimate of drug-likeness (QED) is 0.689. The van der Waals surface area contributed by atoms with Gasteiger partial charge in [0.25, 0.3) is 0 Å². The standard InChI is InChI=1S/C17H26BNO6S/c1-6-19-26(22,23)14-11-12(8-10-15(20)21)7-9-13(14)18-24-16(2,3)17(4,5)25-18/h7,9,11,19H,6,8,10H2,1-5H3,(H,20,21). The van der Waals surface area contributed by atoms with E-state index in [0.717, 1.165) is 0 Å². The van der Waals surface area contributed by atoms with Crippen molar-refractivity contribution in [1.29, 1.82) is 0 Å². The summed E-state index contributed by atoms with van der Waals surface area (Å²) in [6.07, 6.45) is 0.171. The highest BCUT2D eigenvalue weighted by Crippen LogP contribution is 2.37. The Morgan fingerprint density at radius 1 is 1.19 bits per heavy atom. The van der Waals surface area contributed by atoms with Crippen molar-refractivity contribution < 1.29 is 27.6 Å². The van der Waals surface area contributed by atoms with Crippen molar-refractivity contribution >= 4 is 28.6 Å². The van der Waals surface area contributed by atoms with Gasteiger partial charge in [-0.3, -0.25) is 4.79 Å². The van der Waals surface area contributed by atoms with Crippen LogP contribution >= 0.6 is 0 Å². The fourth-order valence-corrected chi connectivity index (χ4v) is 3.97. The SMILES string of the molecule is CCNS(=O)(=O)c1cc(CCC(=O)O)ccc1B1OC(C)(C)C(C)(C)O1. The maximum absolute atomic E-state index is 12.7. The van der Waals surface area contributed by atoms with E-state index >= 15 is 0 Å². The summed E-state index contributed by atoms with van der Waals surface area (Å²) in [5, 5.41) is 8.86. The predicted octanol–water partition coefficient (Wildman–Crippen LogP) is 1.30. The summed E-state index contributed by atoms with van der Waals surface area (Å²) in [5.41, 5.74) is -0.162. The van der Waals surface area contributed by atoms with Crippen LogP contribution in [0, 0.1) is 0 Å². The van der Waals surface area contributed by atoms with Crippen molar-refractivity contribution in [3.63, 3.8) is 0 Å². The monoisotopic (exact) mass is 383 g/mol. The Kier molecular flexibility index (Phi) is 5.87. The molecule has 1 saturated heterocycles. The van der Waals surface area contributed by atoms with Gasteiger partial charge in [-0.05, 0) is 45.7 Å². The summed E-state index contributed by atoms with van der Waals surface area (Å²) in [6, 6.07) is 4.86. The second-order valence-corrected chi connectivity index (χ2v) is 9.09. The number of aliphatic carboxylic acids is 1. The van der Waals surface area contributed by atoms with Crippen LogP contribution in [0.1, 0.15) is 46.6 Å². The molecule has 0 atom stereocenters. The van der Waals surface area contributed by atoms with E-state index in [1.807, 2.05) is 27.7 Å². The van der Waals surface area contributed by atoms with Crippen LogP contribution in [0.5, 0.6) is 0 Å². The Morgan fingerprint density at radius 2 is 1.77 bits per heavy atom. The fourth-order valence-electron chi connectivity index (χ4n) is 2.65. The van der Waals surface area contributed by atoms with Crippen LogP contribution in [-0.2, 0) is 30.5 Å². The number of rotatable bonds is 7. The first-order valence-corrected chi connectivity index (χ1v) is 10.1. The molecule has 7 nitrogen and oxygen atoms in total. The Bertz CT molecular complexity index is 774. The third-order valence-electron chi connectivity index (χ3n) is 4.84. The summed E-state index contributed by atoms with van der Waals surface area (Å²) >= 11 is 0. The molecule has 1 aromatic carbocycles. The van der Waals surface area contributed by atoms with Crippen LogP contribution in [0.4, 0.5) is 0 Å². The second kappa shape index (κ2) is 7.30. The molecule has 1 heterocycles. The molecule has 0 saturated carbocycles. The number of carboxylic acids is 1. The zero-order chi connectivity index (χ0) is 19.8. The van der Waals surface area contributed by atoms with E-state index in [1.165, 1.54) is 6.07 Å². The van der Waals surface area contributed by atoms with E-state index in [-0.39, 0.29) is 24.3 Å². The lowest BCUT2D eigenvalue weighted by atomic mass is 9.78. The minimum atomic E-state index is -3.77. The molecular weight excluding hydrogens is 357 g/mol. The van der Waals surface area contributed by atoms with Gasteiger partial charge in [0, 0.05) is 18.4 Å². The molecule has 0 spiro atoms. The second-order valence-electron chi connectivity index (χ2n) is 7.36. The molecule has 26 heavy (non-hydrogen) atoms. The maximum Gasteiger partial charge on any atom is 0.496 e. The van der Waals surface area contributed by atoms with Crippen molar-refractivity contribution in [3.05, 3.63) is 23.8 Å². The molecule has 0 unspecified atom stereocenters. The van der Waals surface area contributed by atoms with Gasteiger partial charge in [0.2, 0.25) is 10.0 Å². The summed E-state index contributed by atoms with van der Waals surface area (Å²) in [4.78, 5) is 10.9. The highest BCUT2D eigenvalue weighted by Gasteiger charge is 2.52. The van der Waals surface area contributed by atoms with Crippen molar-refractivity contribution in [1.82, 2.24) is 4.72 Å². The number of hydrogen-bond acceptors (Lipinski definition) is 5. The van der Waals surface area contributed by atoms with Crippen LogP contribution in [0.25, 0.3) is 0 Å². The average molecular weight is 383 g/mol. The van der Waals surface area contributed by atoms with Crippen LogP contribution in [-0.4, -0.2) is 44.4 Å². The van der Waals surface area contributed by atoms with E-state index in [4.69, 9.17) is 14.4 Å². The number of carboxylic acid groups (broad SMARTS) is 1. The van der Waals surface area contributed by atoms with E-state index in [9.17, 15) is 13.2 Å². The molecular formula is C17H26BNO6S. The first-order chi connectivity index (χ1) is 11.9. The van der Waals surface area contributed by atoms with Crippen molar-refractivity contribution in [2.75, 3.05) is 6.54 Å². The highest BCUT2D eigenvalue weighted by molar-refractivity contribution is 7.89. The normalized spacial score (nSPS) is 18.9. The minimum Gasteiger partial charge on any atom is -0.481 e. The van der Waals surface area contributed by atoms with Crippen LogP contribution in [0.15, 0.2) is 23.1 Å². The van der Waals surface area contributed by atoms with Crippen molar-refractivity contribution in [3.8, 4) is 0 Å². The number of sulfonamides is 1. The molecule has 0 bridgehead atoms. The van der Waals surface area contributed by atoms with E-state index in [1.54, 1.807) is 19.1 Å². The molecule has 1 aliphatic heterocycles. The molecule has 0 amide bonds. The van der Waals surface area contributed by atoms with E-state index in [0.29, 0.717) is 11.0 Å². The average Bonchev–Trinajstić information content (AvgIpc) is 2.73. The molecule has 1 fully saturated rings. The lowest BCUT2D eigenvalue weighted by molar-refractivity contribution is -0.136. The number of carbonyl (C=O) groups is 1. The summed E-state index contributed by atoms with van der Waals surface area (Å²) in [5.74, 6) is -0.934. The first-order valence-electron chi connectivity index (χ1n) is 8.59. The number of nitrogens with one attached hydrogen (secondary N) is 1. The lowest BCUT2D eigenvalue weighted by Gasteiger charge is -2.32. The van der Waals surface area contributed by atoms with E-state index in [2.05, 4.69) is 4.72 Å². The van der Waals surface area contributed by atoms with Gasteiger partial charge in [-0.25, -0.2) is 13.1 Å². The molecule has 144 valence electrons. The van der Waals surface area contributed by atoms with Crippen LogP contribution in [0.2, 0.25) is 0 Å². The van der Waals surface area contributed by atoms with Gasteiger partial charge in [0.15, 0.2) is 0 Å². The van der Waals surface area contributed by atoms with Gasteiger partial charge >= 0.3 is 13.1 Å². The Morgan fingerprint density at radius 3 is 2.27 bits per heavy atom. The summed E-state index contributed by atoms with van der Waals surface area (Å²) in [7, 11) is -4.59. The zero-order valence-electron chi connectivity index (χ0n) is 15.8. The van der Waals surface area contributed by atoms with E-state index < -0.39 is 34.3 Å². The maximum atomic E-state index is 12.7. The minimum absolute atomic E-state index is 0.0562. The molecule has 0 aromatic heterocycles. The molecule has 1 aromatic rings. The van der Waals surface area contributed by atoms with Gasteiger partial charge in [0.1, 0.15) is 0 Å². The Labute approximate surface area is 155 Å². The van der Waals surface area contributed by atoms with Crippen LogP contribution in [0.3, 0.4) is 0 Å². The number of hydrogen-bond donors (Lipinski definition) is 2. The van der Waals surface area contributed by atoms with Gasteiger partial charge < -0.3 is 14.4 Å². The smallest absolute Gasteiger partial charge is 0.481 e. The summed E-state index contributed by atoms with van der Waals surface area (Å²) in [6.45, 7) is 9.52. The first kappa shape index (κ1) is 20.9. The Hall–Kier alpha value is -1.42. The Balaban J connectivity index is 2.47. The van der Waals surface area contributed by atoms with Gasteiger partial charge in [-0.1, -0.05) is 19.1 Å². The van der Waals surface area contributed by atoms with Crippen molar-refractivity contribution in [2.24, 2.45) is 0 Å². The third-order valence-corrected chi connectivity index (χ3v) is 6.44. The zero-order valence-corrected chi connectivity index (χ0v) is 16.6. The molecule has 9 heteroatoms. The topological polar surface area (TPSA) is 102 Å². The largest absolute Gasteiger partial charge is 0.496 e. The summed E-state index contributed by atoms with van der Waals surface area (Å²) < 4.78 is 39.8. The predicted molar refractivity (Wildman–Crippen MR) is 99.0 cm³/mol. The third kappa shape index (κ3) is 4.28. The number of benzene rings is 1. The van der Waals surface area contributed by atoms with Gasteiger partial charge in [-0.2, -0.15) is 0 Å². The molecule has 0 aliphatic carbocycles. The number of aryl methyl sites for hydroxylation is 1. The highest BCUT2D eigenvalue weighted by atomic mass is 32.2. The fraction of sp³-hybridized carbons (Fsp3) is 0.588. The molecule has 1 aliphatic rings. The lowest BCUT2D eigenvalue weighted by Crippen LogP contribution is -2.41. The van der Waals surface area contributed by atoms with Crippen LogP contribution < -0.4 is 10.2 Å². The molecule has 2 N–H and O–H groups in total. The van der Waals surface area contributed by atoms with Crippen molar-refractivity contribution in [2.45, 2.75) is 63.6 Å².